The monoisotopic (exact) mass is 406 g/mol. The minimum absolute atomic E-state index is 0.0577. The van der Waals surface area contributed by atoms with E-state index in [2.05, 4.69) is 57.0 Å². The fourth-order valence-electron chi connectivity index (χ4n) is 3.85. The molecule has 0 aromatic heterocycles. The summed E-state index contributed by atoms with van der Waals surface area (Å²) in [6, 6.07) is 16.7. The van der Waals surface area contributed by atoms with Crippen molar-refractivity contribution >= 4 is 18.0 Å². The van der Waals surface area contributed by atoms with E-state index in [0.717, 1.165) is 29.6 Å². The highest BCUT2D eigenvalue weighted by Gasteiger charge is 2.32. The zero-order valence-electron chi connectivity index (χ0n) is 18.9. The van der Waals surface area contributed by atoms with E-state index in [4.69, 9.17) is 14.5 Å². The first kappa shape index (κ1) is 22.1. The largest absolute Gasteiger partial charge is 0.496 e. The molecule has 1 unspecified atom stereocenters. The zero-order valence-corrected chi connectivity index (χ0v) is 18.9. The first-order valence-electron chi connectivity index (χ1n) is 10.7. The molecule has 0 spiro atoms. The number of ether oxygens (including phenoxy) is 2. The van der Waals surface area contributed by atoms with Gasteiger partial charge in [-0.05, 0) is 18.1 Å². The lowest BCUT2D eigenvalue weighted by atomic mass is 9.84. The van der Waals surface area contributed by atoms with Gasteiger partial charge in [-0.2, -0.15) is 0 Å². The second kappa shape index (κ2) is 9.94. The third-order valence-electron chi connectivity index (χ3n) is 5.69. The molecule has 0 saturated carbocycles. The summed E-state index contributed by atoms with van der Waals surface area (Å²) in [5.41, 5.74) is 2.27. The molecule has 3 rings (SSSR count). The molecule has 0 radical (unpaired) electrons. The van der Waals surface area contributed by atoms with E-state index in [-0.39, 0.29) is 11.5 Å². The van der Waals surface area contributed by atoms with Crippen LogP contribution in [-0.4, -0.2) is 44.5 Å². The van der Waals surface area contributed by atoms with Crippen molar-refractivity contribution in [3.8, 4) is 5.75 Å². The zero-order chi connectivity index (χ0) is 21.6. The number of nitrogens with zero attached hydrogens (tertiary/aromatic N) is 2. The minimum Gasteiger partial charge on any atom is -0.496 e. The SMILES string of the molecule is CC/C=c1\c(OC)ccc\c1=C1/C=NC(C(C)(C)COCc2ccccc2)CN1C. The van der Waals surface area contributed by atoms with Gasteiger partial charge in [0.25, 0.3) is 0 Å². The fraction of sp³-hybridized carbons (Fsp3) is 0.423. The maximum Gasteiger partial charge on any atom is 0.126 e. The van der Waals surface area contributed by atoms with Gasteiger partial charge in [-0.3, -0.25) is 4.99 Å². The molecule has 0 aliphatic carbocycles. The average Bonchev–Trinajstić information content (AvgIpc) is 2.75. The fourth-order valence-corrected chi connectivity index (χ4v) is 3.85. The lowest BCUT2D eigenvalue weighted by Gasteiger charge is -2.38. The van der Waals surface area contributed by atoms with Crippen LogP contribution in [0.3, 0.4) is 0 Å². The summed E-state index contributed by atoms with van der Waals surface area (Å²) in [7, 11) is 3.87. The first-order chi connectivity index (χ1) is 14.5. The van der Waals surface area contributed by atoms with Gasteiger partial charge >= 0.3 is 0 Å². The summed E-state index contributed by atoms with van der Waals surface area (Å²) in [6.45, 7) is 8.78. The molecule has 0 fully saturated rings. The molecule has 1 aliphatic heterocycles. The number of benzene rings is 2. The van der Waals surface area contributed by atoms with Crippen molar-refractivity contribution in [3.63, 3.8) is 0 Å². The van der Waals surface area contributed by atoms with Crippen LogP contribution in [0, 0.1) is 5.41 Å². The van der Waals surface area contributed by atoms with Gasteiger partial charge in [-0.25, -0.2) is 0 Å². The number of rotatable bonds is 7. The van der Waals surface area contributed by atoms with Crippen molar-refractivity contribution in [1.29, 1.82) is 0 Å². The average molecular weight is 407 g/mol. The maximum atomic E-state index is 6.05. The van der Waals surface area contributed by atoms with Gasteiger partial charge in [-0.15, -0.1) is 0 Å². The Morgan fingerprint density at radius 2 is 1.90 bits per heavy atom. The minimum atomic E-state index is -0.0577. The maximum absolute atomic E-state index is 6.05. The quantitative estimate of drug-likeness (QED) is 0.704. The predicted molar refractivity (Wildman–Crippen MR) is 125 cm³/mol. The summed E-state index contributed by atoms with van der Waals surface area (Å²) < 4.78 is 11.6. The van der Waals surface area contributed by atoms with E-state index in [9.17, 15) is 0 Å². The van der Waals surface area contributed by atoms with Gasteiger partial charge in [0.1, 0.15) is 5.75 Å². The van der Waals surface area contributed by atoms with Crippen molar-refractivity contribution in [3.05, 3.63) is 64.5 Å². The molecule has 0 amide bonds. The number of hydrogen-bond acceptors (Lipinski definition) is 4. The Bertz CT molecular complexity index is 980. The molecule has 0 saturated heterocycles. The van der Waals surface area contributed by atoms with Gasteiger partial charge < -0.3 is 14.4 Å². The normalized spacial score (nSPS) is 19.3. The third-order valence-corrected chi connectivity index (χ3v) is 5.69. The highest BCUT2D eigenvalue weighted by molar-refractivity contribution is 6.01. The van der Waals surface area contributed by atoms with Crippen LogP contribution in [0.2, 0.25) is 0 Å². The molecule has 2 aromatic carbocycles. The van der Waals surface area contributed by atoms with Crippen molar-refractivity contribution < 1.29 is 9.47 Å². The first-order valence-corrected chi connectivity index (χ1v) is 10.7. The molecular formula is C26H34N2O2. The van der Waals surface area contributed by atoms with Gasteiger partial charge in [0, 0.05) is 35.7 Å². The second-order valence-electron chi connectivity index (χ2n) is 8.56. The van der Waals surface area contributed by atoms with E-state index in [1.807, 2.05) is 36.5 Å². The van der Waals surface area contributed by atoms with E-state index < -0.39 is 0 Å². The summed E-state index contributed by atoms with van der Waals surface area (Å²) in [4.78, 5) is 7.26. The second-order valence-corrected chi connectivity index (χ2v) is 8.56. The molecule has 30 heavy (non-hydrogen) atoms. The Kier molecular flexibility index (Phi) is 7.33. The number of methoxy groups -OCH3 is 1. The lowest BCUT2D eigenvalue weighted by molar-refractivity contribution is 0.0350. The van der Waals surface area contributed by atoms with Crippen LogP contribution in [-0.2, 0) is 11.3 Å². The Hall–Kier alpha value is -2.59. The highest BCUT2D eigenvalue weighted by Crippen LogP contribution is 2.28. The van der Waals surface area contributed by atoms with Gasteiger partial charge in [-0.1, -0.05) is 69.3 Å². The van der Waals surface area contributed by atoms with Crippen molar-refractivity contribution in [1.82, 2.24) is 4.90 Å². The van der Waals surface area contributed by atoms with Crippen LogP contribution in [0.1, 0.15) is 32.8 Å². The summed E-state index contributed by atoms with van der Waals surface area (Å²) in [6.07, 6.45) is 5.20. The summed E-state index contributed by atoms with van der Waals surface area (Å²) in [5.74, 6) is 0.903. The number of likely N-dealkylation sites (N-methyl/N-ethyl adjacent to an activating group) is 1. The van der Waals surface area contributed by atoms with E-state index >= 15 is 0 Å². The number of aliphatic imine (C=N–C) groups is 1. The van der Waals surface area contributed by atoms with Crippen LogP contribution in [0.25, 0.3) is 11.8 Å². The van der Waals surface area contributed by atoms with Crippen LogP contribution in [0.5, 0.6) is 5.75 Å². The van der Waals surface area contributed by atoms with Crippen LogP contribution < -0.4 is 15.2 Å². The van der Waals surface area contributed by atoms with Crippen LogP contribution >= 0.6 is 0 Å². The van der Waals surface area contributed by atoms with Gasteiger partial charge in [0.2, 0.25) is 0 Å². The predicted octanol–water partition coefficient (Wildman–Crippen LogP) is 3.62. The van der Waals surface area contributed by atoms with E-state index in [0.29, 0.717) is 13.2 Å². The molecule has 4 heteroatoms. The molecule has 4 nitrogen and oxygen atoms in total. The van der Waals surface area contributed by atoms with Crippen LogP contribution in [0.4, 0.5) is 0 Å². The summed E-state index contributed by atoms with van der Waals surface area (Å²) >= 11 is 0. The van der Waals surface area contributed by atoms with Crippen molar-refractivity contribution in [2.75, 3.05) is 27.3 Å². The molecule has 2 aromatic rings. The summed E-state index contributed by atoms with van der Waals surface area (Å²) in [5, 5.41) is 2.30. The highest BCUT2D eigenvalue weighted by atomic mass is 16.5. The van der Waals surface area contributed by atoms with Crippen molar-refractivity contribution in [2.45, 2.75) is 39.8 Å². The molecular weight excluding hydrogens is 372 g/mol. The van der Waals surface area contributed by atoms with E-state index in [1.54, 1.807) is 7.11 Å². The Morgan fingerprint density at radius 1 is 1.13 bits per heavy atom. The van der Waals surface area contributed by atoms with Crippen molar-refractivity contribution in [2.24, 2.45) is 10.4 Å². The molecule has 0 N–H and O–H groups in total. The topological polar surface area (TPSA) is 34.1 Å². The van der Waals surface area contributed by atoms with E-state index in [1.165, 1.54) is 10.8 Å². The molecule has 1 heterocycles. The lowest BCUT2D eigenvalue weighted by Crippen LogP contribution is -2.45. The van der Waals surface area contributed by atoms with Gasteiger partial charge in [0.15, 0.2) is 0 Å². The van der Waals surface area contributed by atoms with Crippen LogP contribution in [0.15, 0.2) is 53.5 Å². The Morgan fingerprint density at radius 3 is 2.57 bits per heavy atom. The number of hydrogen-bond donors (Lipinski definition) is 0. The molecule has 160 valence electrons. The Labute approximate surface area is 180 Å². The smallest absolute Gasteiger partial charge is 0.126 e. The molecule has 1 aliphatic rings. The van der Waals surface area contributed by atoms with Gasteiger partial charge in [0.05, 0.1) is 32.1 Å². The molecule has 1 atom stereocenters. The standard InChI is InChI=1S/C26H34N2O2/c1-6-11-22-21(14-10-15-24(22)29-5)23-16-27-25(17-28(23)4)26(2,3)19-30-18-20-12-8-7-9-13-20/h7-16,25H,6,17-19H2,1-5H3/b22-11-,23-21-. The third kappa shape index (κ3) is 5.11. The molecule has 0 bridgehead atoms. The Balaban J connectivity index is 1.81.